The highest BCUT2D eigenvalue weighted by Crippen LogP contribution is 2.27. The number of imidazole rings is 1. The lowest BCUT2D eigenvalue weighted by Crippen LogP contribution is -2.05. The van der Waals surface area contributed by atoms with Crippen LogP contribution in [0.4, 0.5) is 8.78 Å². The second-order valence-corrected chi connectivity index (χ2v) is 5.74. The maximum Gasteiger partial charge on any atom is 0.169 e. The molecule has 0 amide bonds. The summed E-state index contributed by atoms with van der Waals surface area (Å²) in [6, 6.07) is 11.6. The van der Waals surface area contributed by atoms with E-state index in [1.54, 1.807) is 24.2 Å². The van der Waals surface area contributed by atoms with E-state index in [2.05, 4.69) is 15.1 Å². The summed E-state index contributed by atoms with van der Waals surface area (Å²) >= 11 is 0. The molecule has 0 aliphatic carbocycles. The molecule has 7 heteroatoms. The van der Waals surface area contributed by atoms with Crippen molar-refractivity contribution >= 4 is 0 Å². The molecule has 0 fully saturated rings. The summed E-state index contributed by atoms with van der Waals surface area (Å²) in [5, 5.41) is 4.31. The Hall–Kier alpha value is -3.35. The third-order valence-corrected chi connectivity index (χ3v) is 3.99. The van der Waals surface area contributed by atoms with Crippen LogP contribution in [0.5, 0.6) is 5.75 Å². The topological polar surface area (TPSA) is 52.8 Å². The summed E-state index contributed by atoms with van der Waals surface area (Å²) in [5.74, 6) is -0.985. The van der Waals surface area contributed by atoms with Gasteiger partial charge in [-0.3, -0.25) is 4.68 Å². The third kappa shape index (κ3) is 2.99. The van der Waals surface area contributed by atoms with E-state index in [4.69, 9.17) is 4.74 Å². The number of ether oxygens (including phenoxy) is 1. The molecule has 4 rings (SSSR count). The number of aromatic nitrogens is 4. The Morgan fingerprint density at radius 3 is 2.69 bits per heavy atom. The van der Waals surface area contributed by atoms with Gasteiger partial charge in [-0.2, -0.15) is 5.10 Å². The van der Waals surface area contributed by atoms with E-state index in [1.807, 2.05) is 24.3 Å². The number of fused-ring (bicyclic) bond motifs is 1. The van der Waals surface area contributed by atoms with E-state index in [-0.39, 0.29) is 11.4 Å². The number of methoxy groups -OCH3 is 1. The largest absolute Gasteiger partial charge is 0.497 e. The third-order valence-electron chi connectivity index (χ3n) is 3.99. The summed E-state index contributed by atoms with van der Waals surface area (Å²) in [6.07, 6.45) is 3.28. The van der Waals surface area contributed by atoms with Gasteiger partial charge in [0.1, 0.15) is 17.1 Å². The van der Waals surface area contributed by atoms with Crippen molar-refractivity contribution in [1.29, 1.82) is 0 Å². The summed E-state index contributed by atoms with van der Waals surface area (Å²) in [7, 11) is 1.61. The van der Waals surface area contributed by atoms with Crippen LogP contribution >= 0.6 is 0 Å². The molecule has 2 heterocycles. The van der Waals surface area contributed by atoms with E-state index in [0.717, 1.165) is 17.4 Å². The Labute approximate surface area is 148 Å². The first kappa shape index (κ1) is 16.1. The predicted molar refractivity (Wildman–Crippen MR) is 91.9 cm³/mol. The quantitative estimate of drug-likeness (QED) is 0.561. The minimum Gasteiger partial charge on any atom is -0.497 e. The van der Waals surface area contributed by atoms with Gasteiger partial charge >= 0.3 is 0 Å². The molecule has 130 valence electrons. The highest BCUT2D eigenvalue weighted by atomic mass is 19.2. The Morgan fingerprint density at radius 1 is 1.04 bits per heavy atom. The lowest BCUT2D eigenvalue weighted by molar-refractivity contribution is 0.414. The average molecular weight is 352 g/mol. The van der Waals surface area contributed by atoms with Crippen molar-refractivity contribution in [2.24, 2.45) is 0 Å². The molecule has 2 aliphatic heterocycles. The average Bonchev–Trinajstić information content (AvgIpc) is 3.07. The van der Waals surface area contributed by atoms with Crippen molar-refractivity contribution < 1.29 is 13.5 Å². The number of halogens is 2. The zero-order valence-corrected chi connectivity index (χ0v) is 13.9. The van der Waals surface area contributed by atoms with Gasteiger partial charge in [0.15, 0.2) is 17.5 Å². The van der Waals surface area contributed by atoms with Crippen molar-refractivity contribution in [2.45, 2.75) is 6.54 Å². The van der Waals surface area contributed by atoms with Crippen molar-refractivity contribution in [3.63, 3.8) is 0 Å². The molecule has 0 bridgehead atoms. The number of hydrogen-bond acceptors (Lipinski definition) is 4. The van der Waals surface area contributed by atoms with Crippen LogP contribution in [0.2, 0.25) is 0 Å². The summed E-state index contributed by atoms with van der Waals surface area (Å²) < 4.78 is 34.3. The van der Waals surface area contributed by atoms with Crippen molar-refractivity contribution in [2.75, 3.05) is 7.11 Å². The molecule has 0 saturated heterocycles. The van der Waals surface area contributed by atoms with Crippen molar-refractivity contribution in [3.8, 4) is 28.5 Å². The fourth-order valence-corrected chi connectivity index (χ4v) is 2.70. The van der Waals surface area contributed by atoms with Crippen LogP contribution in [-0.2, 0) is 6.54 Å². The first-order valence-corrected chi connectivity index (χ1v) is 7.91. The maximum absolute atomic E-state index is 14.0. The van der Waals surface area contributed by atoms with E-state index in [9.17, 15) is 8.78 Å². The monoisotopic (exact) mass is 352 g/mol. The maximum atomic E-state index is 14.0. The van der Waals surface area contributed by atoms with Gasteiger partial charge in [-0.1, -0.05) is 18.2 Å². The van der Waals surface area contributed by atoms with Crippen LogP contribution in [0.1, 0.15) is 5.56 Å². The lowest BCUT2D eigenvalue weighted by Gasteiger charge is -2.08. The van der Waals surface area contributed by atoms with Gasteiger partial charge in [-0.25, -0.2) is 18.7 Å². The fourth-order valence-electron chi connectivity index (χ4n) is 2.70. The van der Waals surface area contributed by atoms with Gasteiger partial charge in [-0.15, -0.1) is 0 Å². The second-order valence-electron chi connectivity index (χ2n) is 5.74. The zero-order valence-electron chi connectivity index (χ0n) is 13.9. The molecule has 0 radical (unpaired) electrons. The molecule has 0 spiro atoms. The Bertz CT molecular complexity index is 1050. The molecule has 0 atom stereocenters. The van der Waals surface area contributed by atoms with Gasteiger partial charge in [0.2, 0.25) is 0 Å². The van der Waals surface area contributed by atoms with Crippen LogP contribution in [0.3, 0.4) is 0 Å². The number of nitrogens with zero attached hydrogens (tertiary/aromatic N) is 4. The molecule has 0 unspecified atom stereocenters. The highest BCUT2D eigenvalue weighted by molar-refractivity contribution is 5.65. The summed E-state index contributed by atoms with van der Waals surface area (Å²) in [6.45, 7) is 0.518. The fraction of sp³-hybridized carbons (Fsp3) is 0.105. The first-order valence-electron chi connectivity index (χ1n) is 7.91. The van der Waals surface area contributed by atoms with Gasteiger partial charge < -0.3 is 4.74 Å². The van der Waals surface area contributed by atoms with Crippen LogP contribution in [-0.4, -0.2) is 26.9 Å². The highest BCUT2D eigenvalue weighted by Gasteiger charge is 2.18. The van der Waals surface area contributed by atoms with Crippen LogP contribution < -0.4 is 4.74 Å². The van der Waals surface area contributed by atoms with Gasteiger partial charge in [0.05, 0.1) is 31.6 Å². The van der Waals surface area contributed by atoms with Gasteiger partial charge in [0, 0.05) is 0 Å². The molecule has 26 heavy (non-hydrogen) atoms. The van der Waals surface area contributed by atoms with Crippen molar-refractivity contribution in [1.82, 2.24) is 19.7 Å². The van der Waals surface area contributed by atoms with Crippen LogP contribution in [0.25, 0.3) is 22.8 Å². The number of rotatable bonds is 4. The van der Waals surface area contributed by atoms with Gasteiger partial charge in [-0.05, 0) is 29.8 Å². The molecule has 0 aromatic heterocycles. The van der Waals surface area contributed by atoms with Crippen LogP contribution in [0, 0.1) is 11.6 Å². The zero-order chi connectivity index (χ0) is 18.1. The molecular weight excluding hydrogens is 338 g/mol. The Balaban J connectivity index is 1.68. The minimum absolute atomic E-state index is 0.0283. The number of benzene rings is 2. The molecule has 0 N–H and O–H groups in total. The molecule has 5 nitrogen and oxygen atoms in total. The van der Waals surface area contributed by atoms with E-state index in [0.29, 0.717) is 17.9 Å². The normalized spacial score (nSPS) is 11.0. The van der Waals surface area contributed by atoms with E-state index in [1.165, 1.54) is 12.1 Å². The standard InChI is InChI=1S/C19H14F2N4O/c1-26-13-5-2-4-12(8-13)10-25-11-17-16(9-22-25)23-19(24-17)14-6-3-7-15(20)18(14)21/h2-9,11H,10H2,1H3. The van der Waals surface area contributed by atoms with Gasteiger partial charge in [0.25, 0.3) is 0 Å². The number of hydrogen-bond donors (Lipinski definition) is 0. The molecular formula is C19H14F2N4O. The molecule has 0 saturated carbocycles. The minimum atomic E-state index is -0.958. The SMILES string of the molecule is COc1cccc(Cn2cc3nc(-c4cccc(F)c4F)nc-3cn2)c1. The summed E-state index contributed by atoms with van der Waals surface area (Å²) in [4.78, 5) is 8.56. The Morgan fingerprint density at radius 2 is 1.85 bits per heavy atom. The molecule has 2 aromatic rings. The predicted octanol–water partition coefficient (Wildman–Crippen LogP) is 3.78. The second kappa shape index (κ2) is 6.51. The molecule has 2 aromatic carbocycles. The lowest BCUT2D eigenvalue weighted by atomic mass is 10.2. The smallest absolute Gasteiger partial charge is 0.169 e. The first-order chi connectivity index (χ1) is 12.6. The Kier molecular flexibility index (Phi) is 4.04. The van der Waals surface area contributed by atoms with Crippen molar-refractivity contribution in [3.05, 3.63) is 72.1 Å². The summed E-state index contributed by atoms with van der Waals surface area (Å²) in [5.41, 5.74) is 2.12. The van der Waals surface area contributed by atoms with E-state index < -0.39 is 11.6 Å². The van der Waals surface area contributed by atoms with Crippen LogP contribution in [0.15, 0.2) is 54.9 Å². The molecule has 2 aliphatic rings. The van der Waals surface area contributed by atoms with E-state index >= 15 is 0 Å².